The number of rotatable bonds is 7. The summed E-state index contributed by atoms with van der Waals surface area (Å²) in [6.45, 7) is 1.38. The van der Waals surface area contributed by atoms with Gasteiger partial charge < -0.3 is 0 Å². The van der Waals surface area contributed by atoms with Crippen molar-refractivity contribution in [3.63, 3.8) is 0 Å². The van der Waals surface area contributed by atoms with E-state index in [0.717, 1.165) is 17.4 Å². The van der Waals surface area contributed by atoms with Gasteiger partial charge in [0.05, 0.1) is 15.6 Å². The number of nitrogens with one attached hydrogen (secondary N) is 1. The first kappa shape index (κ1) is 24.4. The van der Waals surface area contributed by atoms with Gasteiger partial charge in [0.25, 0.3) is 5.69 Å². The van der Waals surface area contributed by atoms with Crippen LogP contribution in [0.5, 0.6) is 0 Å². The van der Waals surface area contributed by atoms with E-state index in [2.05, 4.69) is 20.7 Å². The molecule has 1 heterocycles. The molecule has 0 atom stereocenters. The highest BCUT2D eigenvalue weighted by Gasteiger charge is 2.21. The Kier molecular flexibility index (Phi) is 7.45. The van der Waals surface area contributed by atoms with Gasteiger partial charge >= 0.3 is 0 Å². The molecule has 1 aromatic heterocycles. The molecule has 4 aromatic rings. The summed E-state index contributed by atoms with van der Waals surface area (Å²) in [5, 5.41) is 25.0. The average molecular weight is 527 g/mol. The monoisotopic (exact) mass is 526 g/mol. The highest BCUT2D eigenvalue weighted by atomic mass is 35.5. The van der Waals surface area contributed by atoms with Gasteiger partial charge in [-0.25, -0.2) is 0 Å². The first-order chi connectivity index (χ1) is 16.8. The molecule has 176 valence electrons. The Balaban J connectivity index is 1.71. The Morgan fingerprint density at radius 3 is 2.40 bits per heavy atom. The Hall–Kier alpha value is -3.73. The van der Waals surface area contributed by atoms with Crippen LogP contribution in [0.25, 0.3) is 17.1 Å². The number of para-hydroxylation sites is 1. The summed E-state index contributed by atoms with van der Waals surface area (Å²) in [6.07, 6.45) is 0. The van der Waals surface area contributed by atoms with Crippen molar-refractivity contribution >= 4 is 57.2 Å². The Labute approximate surface area is 213 Å². The van der Waals surface area contributed by atoms with E-state index in [1.807, 2.05) is 30.3 Å². The zero-order valence-corrected chi connectivity index (χ0v) is 20.4. The molecule has 1 N–H and O–H groups in total. The Bertz CT molecular complexity index is 1430. The van der Waals surface area contributed by atoms with E-state index in [1.165, 1.54) is 31.2 Å². The maximum atomic E-state index is 12.4. The molecule has 0 aliphatic rings. The summed E-state index contributed by atoms with van der Waals surface area (Å²) < 4.78 is 1.77. The molecular formula is C23H16Cl2N6O3S. The molecule has 0 bridgehead atoms. The molecule has 0 amide bonds. The number of carbonyl (C=O) groups excluding carboxylic acids is 1. The normalized spacial score (nSPS) is 11.3. The number of aromatic nitrogens is 3. The van der Waals surface area contributed by atoms with E-state index in [9.17, 15) is 14.9 Å². The highest BCUT2D eigenvalue weighted by molar-refractivity contribution is 8.15. The standard InChI is InChI=1S/C23H16Cl2N6O3S/c1-14(32)22(28-26-16-8-10-18(11-9-16)31(33)34)35-23-29-27-21(19-12-7-15(24)13-20(19)25)30(23)17-5-3-2-4-6-17/h2-13,26H,1H3/b28-22-. The van der Waals surface area contributed by atoms with E-state index in [1.54, 1.807) is 22.8 Å². The Morgan fingerprint density at radius 1 is 1.06 bits per heavy atom. The van der Waals surface area contributed by atoms with Gasteiger partial charge in [-0.1, -0.05) is 41.4 Å². The van der Waals surface area contributed by atoms with E-state index >= 15 is 0 Å². The number of hydrazone groups is 1. The third-order valence-corrected chi connectivity index (χ3v) is 6.24. The minimum Gasteiger partial charge on any atom is -0.292 e. The van der Waals surface area contributed by atoms with Crippen molar-refractivity contribution in [2.45, 2.75) is 12.1 Å². The fourth-order valence-electron chi connectivity index (χ4n) is 3.02. The van der Waals surface area contributed by atoms with Crippen molar-refractivity contribution in [2.24, 2.45) is 5.10 Å². The van der Waals surface area contributed by atoms with Crippen molar-refractivity contribution in [3.05, 3.63) is 93.0 Å². The first-order valence-corrected chi connectivity index (χ1v) is 11.6. The second kappa shape index (κ2) is 10.7. The summed E-state index contributed by atoms with van der Waals surface area (Å²) in [4.78, 5) is 22.7. The number of hydrogen-bond donors (Lipinski definition) is 1. The summed E-state index contributed by atoms with van der Waals surface area (Å²) in [7, 11) is 0. The van der Waals surface area contributed by atoms with Crippen LogP contribution in [0.2, 0.25) is 10.0 Å². The van der Waals surface area contributed by atoms with Crippen LogP contribution in [0, 0.1) is 10.1 Å². The molecule has 0 saturated heterocycles. The third kappa shape index (κ3) is 5.68. The van der Waals surface area contributed by atoms with Crippen LogP contribution in [0.1, 0.15) is 6.92 Å². The van der Waals surface area contributed by atoms with Crippen molar-refractivity contribution in [1.82, 2.24) is 14.8 Å². The van der Waals surface area contributed by atoms with Crippen LogP contribution in [-0.2, 0) is 4.79 Å². The first-order valence-electron chi connectivity index (χ1n) is 10.1. The number of hydrogen-bond acceptors (Lipinski definition) is 8. The fraction of sp³-hybridized carbons (Fsp3) is 0.0435. The number of ketones is 1. The van der Waals surface area contributed by atoms with Crippen molar-refractivity contribution in [2.75, 3.05) is 5.43 Å². The van der Waals surface area contributed by atoms with Gasteiger partial charge in [-0.05, 0) is 54.2 Å². The van der Waals surface area contributed by atoms with Crippen LogP contribution in [0.3, 0.4) is 0 Å². The molecule has 3 aromatic carbocycles. The van der Waals surface area contributed by atoms with Crippen molar-refractivity contribution < 1.29 is 9.72 Å². The number of anilines is 1. The quantitative estimate of drug-likeness (QED) is 0.0992. The number of thioether (sulfide) groups is 1. The number of nitro groups is 1. The maximum absolute atomic E-state index is 12.4. The molecule has 0 aliphatic carbocycles. The zero-order chi connectivity index (χ0) is 24.9. The molecular weight excluding hydrogens is 511 g/mol. The second-order valence-electron chi connectivity index (χ2n) is 7.09. The van der Waals surface area contributed by atoms with Crippen LogP contribution in [0.4, 0.5) is 11.4 Å². The smallest absolute Gasteiger partial charge is 0.269 e. The lowest BCUT2D eigenvalue weighted by Gasteiger charge is -2.11. The number of nitro benzene ring substituents is 1. The van der Waals surface area contributed by atoms with E-state index in [0.29, 0.717) is 32.3 Å². The molecule has 0 unspecified atom stereocenters. The molecule has 0 aliphatic heterocycles. The number of carbonyl (C=O) groups is 1. The minimum atomic E-state index is -0.495. The summed E-state index contributed by atoms with van der Waals surface area (Å²) in [5.74, 6) is 0.157. The summed E-state index contributed by atoms with van der Waals surface area (Å²) in [6, 6.07) is 20.1. The predicted octanol–water partition coefficient (Wildman–Crippen LogP) is 6.26. The molecule has 9 nitrogen and oxygen atoms in total. The number of nitrogens with zero attached hydrogens (tertiary/aromatic N) is 5. The zero-order valence-electron chi connectivity index (χ0n) is 18.1. The molecule has 0 saturated carbocycles. The van der Waals surface area contributed by atoms with Gasteiger partial charge in [0.15, 0.2) is 16.7 Å². The predicted molar refractivity (Wildman–Crippen MR) is 138 cm³/mol. The third-order valence-electron chi connectivity index (χ3n) is 4.67. The molecule has 0 radical (unpaired) electrons. The van der Waals surface area contributed by atoms with Gasteiger partial charge in [-0.3, -0.25) is 24.9 Å². The summed E-state index contributed by atoms with van der Waals surface area (Å²) >= 11 is 13.5. The largest absolute Gasteiger partial charge is 0.292 e. The van der Waals surface area contributed by atoms with Gasteiger partial charge in [0, 0.05) is 35.3 Å². The average Bonchev–Trinajstić information content (AvgIpc) is 3.25. The van der Waals surface area contributed by atoms with Gasteiger partial charge in [0.1, 0.15) is 0 Å². The topological polar surface area (TPSA) is 115 Å². The fourth-order valence-corrected chi connectivity index (χ4v) is 4.29. The lowest BCUT2D eigenvalue weighted by Crippen LogP contribution is -2.10. The van der Waals surface area contributed by atoms with Crippen molar-refractivity contribution in [1.29, 1.82) is 0 Å². The number of Topliss-reactive ketones (excluding diaryl/α,β-unsaturated/α-hetero) is 1. The van der Waals surface area contributed by atoms with Gasteiger partial charge in [0.2, 0.25) is 5.16 Å². The van der Waals surface area contributed by atoms with Gasteiger partial charge in [-0.15, -0.1) is 10.2 Å². The van der Waals surface area contributed by atoms with Crippen LogP contribution in [0.15, 0.2) is 83.1 Å². The second-order valence-corrected chi connectivity index (χ2v) is 8.89. The van der Waals surface area contributed by atoms with E-state index in [4.69, 9.17) is 23.2 Å². The SMILES string of the molecule is CC(=O)/C(=N/Nc1ccc([N+](=O)[O-])cc1)Sc1nnc(-c2ccc(Cl)cc2Cl)n1-c1ccccc1. The molecule has 0 spiro atoms. The van der Waals surface area contributed by atoms with Crippen LogP contribution >= 0.6 is 35.0 Å². The minimum absolute atomic E-state index is 0.0509. The molecule has 35 heavy (non-hydrogen) atoms. The van der Waals surface area contributed by atoms with E-state index in [-0.39, 0.29) is 16.5 Å². The molecule has 0 fully saturated rings. The van der Waals surface area contributed by atoms with Gasteiger partial charge in [-0.2, -0.15) is 5.10 Å². The number of benzene rings is 3. The van der Waals surface area contributed by atoms with Crippen LogP contribution in [-0.4, -0.2) is 30.5 Å². The van der Waals surface area contributed by atoms with E-state index < -0.39 is 4.92 Å². The molecule has 4 rings (SSSR count). The lowest BCUT2D eigenvalue weighted by molar-refractivity contribution is -0.384. The summed E-state index contributed by atoms with van der Waals surface area (Å²) in [5.41, 5.74) is 4.56. The number of non-ortho nitro benzene ring substituents is 1. The number of halogens is 2. The lowest BCUT2D eigenvalue weighted by atomic mass is 10.2. The van der Waals surface area contributed by atoms with Crippen LogP contribution < -0.4 is 5.43 Å². The van der Waals surface area contributed by atoms with Crippen molar-refractivity contribution in [3.8, 4) is 17.1 Å². The molecule has 12 heteroatoms. The highest BCUT2D eigenvalue weighted by Crippen LogP contribution is 2.34. The Morgan fingerprint density at radius 2 is 1.77 bits per heavy atom. The maximum Gasteiger partial charge on any atom is 0.269 e.